The van der Waals surface area contributed by atoms with Gasteiger partial charge in [-0.3, -0.25) is 4.79 Å². The van der Waals surface area contributed by atoms with E-state index < -0.39 is 0 Å². The lowest BCUT2D eigenvalue weighted by molar-refractivity contribution is 0.0955. The van der Waals surface area contributed by atoms with Crippen molar-refractivity contribution in [2.45, 2.75) is 20.5 Å². The summed E-state index contributed by atoms with van der Waals surface area (Å²) in [5.74, 6) is 0.653. The quantitative estimate of drug-likeness (QED) is 0.139. The zero-order valence-corrected chi connectivity index (χ0v) is 23.6. The second-order valence-electron chi connectivity index (χ2n) is 9.34. The molecule has 0 radical (unpaired) electrons. The molecule has 0 unspecified atom stereocenters. The minimum atomic E-state index is -0.320. The molecule has 0 aliphatic carbocycles. The number of hydrogen-bond donors (Lipinski definition) is 1. The molecule has 1 aromatic heterocycles. The second kappa shape index (κ2) is 13.0. The molecule has 5 rings (SSSR count). The lowest BCUT2D eigenvalue weighted by Crippen LogP contribution is -2.17. The van der Waals surface area contributed by atoms with Crippen LogP contribution >= 0.6 is 11.6 Å². The van der Waals surface area contributed by atoms with Crippen molar-refractivity contribution in [2.24, 2.45) is 5.10 Å². The van der Waals surface area contributed by atoms with Crippen LogP contribution in [0.15, 0.2) is 114 Å². The predicted molar refractivity (Wildman–Crippen MR) is 164 cm³/mol. The molecular weight excluding hydrogens is 534 g/mol. The smallest absolute Gasteiger partial charge is 0.271 e. The average Bonchev–Trinajstić information content (AvgIpc) is 3.39. The highest BCUT2D eigenvalue weighted by Crippen LogP contribution is 2.37. The van der Waals surface area contributed by atoms with Gasteiger partial charge in [0.25, 0.3) is 5.91 Å². The molecule has 6 nitrogen and oxygen atoms in total. The number of carbonyl (C=O) groups is 1. The van der Waals surface area contributed by atoms with Gasteiger partial charge in [0.15, 0.2) is 11.5 Å². The van der Waals surface area contributed by atoms with E-state index in [0.717, 1.165) is 28.2 Å². The normalized spacial score (nSPS) is 11.0. The van der Waals surface area contributed by atoms with Gasteiger partial charge in [-0.1, -0.05) is 72.3 Å². The summed E-state index contributed by atoms with van der Waals surface area (Å²) >= 11 is 6.54. The molecule has 5 aromatic rings. The van der Waals surface area contributed by atoms with Crippen LogP contribution in [0.25, 0.3) is 16.9 Å². The van der Waals surface area contributed by atoms with Crippen molar-refractivity contribution in [2.75, 3.05) is 6.61 Å². The van der Waals surface area contributed by atoms with Crippen molar-refractivity contribution in [3.63, 3.8) is 0 Å². The molecule has 0 aliphatic heterocycles. The molecular formula is C34H30ClN3O3. The van der Waals surface area contributed by atoms with Crippen molar-refractivity contribution in [3.8, 4) is 28.4 Å². The van der Waals surface area contributed by atoms with E-state index in [-0.39, 0.29) is 5.91 Å². The van der Waals surface area contributed by atoms with Crippen LogP contribution in [-0.4, -0.2) is 23.3 Å². The van der Waals surface area contributed by atoms with E-state index in [1.165, 1.54) is 6.21 Å². The Hall–Kier alpha value is -4.81. The van der Waals surface area contributed by atoms with Gasteiger partial charge in [-0.15, -0.1) is 0 Å². The number of aromatic nitrogens is 1. The van der Waals surface area contributed by atoms with Gasteiger partial charge >= 0.3 is 0 Å². The van der Waals surface area contributed by atoms with Crippen molar-refractivity contribution in [1.82, 2.24) is 9.99 Å². The lowest BCUT2D eigenvalue weighted by atomic mass is 10.1. The first-order valence-corrected chi connectivity index (χ1v) is 13.7. The molecule has 4 aromatic carbocycles. The Bertz CT molecular complexity index is 1650. The summed E-state index contributed by atoms with van der Waals surface area (Å²) in [7, 11) is 0. The lowest BCUT2D eigenvalue weighted by Gasteiger charge is -2.14. The number of amides is 1. The first-order chi connectivity index (χ1) is 20.0. The molecule has 0 bridgehead atoms. The number of hydrogen-bond acceptors (Lipinski definition) is 4. The Morgan fingerprint density at radius 3 is 2.32 bits per heavy atom. The van der Waals surface area contributed by atoms with E-state index >= 15 is 0 Å². The number of hydrazone groups is 1. The summed E-state index contributed by atoms with van der Waals surface area (Å²) in [6.07, 6.45) is 1.52. The number of benzene rings is 4. The van der Waals surface area contributed by atoms with Gasteiger partial charge in [-0.2, -0.15) is 5.10 Å². The van der Waals surface area contributed by atoms with Gasteiger partial charge in [-0.05, 0) is 79.1 Å². The third-order valence-electron chi connectivity index (χ3n) is 6.47. The predicted octanol–water partition coefficient (Wildman–Crippen LogP) is 7.85. The standard InChI is InChI=1S/C34H30ClN3O3/c1-3-40-32-21-26(20-30(35)33(32)41-23-25-10-6-4-7-11-25)22-36-37-34(39)28-15-17-29(18-16-28)38-24(2)14-19-31(38)27-12-8-5-9-13-27/h4-22H,3,23H2,1-2H3,(H,37,39)/b36-22+. The van der Waals surface area contributed by atoms with Crippen LogP contribution in [0.2, 0.25) is 5.02 Å². The maximum Gasteiger partial charge on any atom is 0.271 e. The summed E-state index contributed by atoms with van der Waals surface area (Å²) in [4.78, 5) is 12.8. The summed E-state index contributed by atoms with van der Waals surface area (Å²) in [6.45, 7) is 4.76. The minimum absolute atomic E-state index is 0.320. The largest absolute Gasteiger partial charge is 0.490 e. The SMILES string of the molecule is CCOc1cc(/C=N/NC(=O)c2ccc(-n3c(C)ccc3-c3ccccc3)cc2)cc(Cl)c1OCc1ccccc1. The summed E-state index contributed by atoms with van der Waals surface area (Å²) < 4.78 is 13.9. The Kier molecular flexibility index (Phi) is 8.82. The summed E-state index contributed by atoms with van der Waals surface area (Å²) in [5.41, 5.74) is 9.06. The summed E-state index contributed by atoms with van der Waals surface area (Å²) in [5, 5.41) is 4.53. The molecule has 41 heavy (non-hydrogen) atoms. The van der Waals surface area contributed by atoms with Gasteiger partial charge < -0.3 is 14.0 Å². The molecule has 0 fully saturated rings. The van der Waals surface area contributed by atoms with E-state index in [1.54, 1.807) is 24.3 Å². The Morgan fingerprint density at radius 2 is 1.61 bits per heavy atom. The van der Waals surface area contributed by atoms with Crippen LogP contribution in [-0.2, 0) is 6.61 Å². The van der Waals surface area contributed by atoms with Crippen molar-refractivity contribution in [1.29, 1.82) is 0 Å². The Morgan fingerprint density at radius 1 is 0.902 bits per heavy atom. The van der Waals surface area contributed by atoms with Gasteiger partial charge in [0.2, 0.25) is 0 Å². The fourth-order valence-corrected chi connectivity index (χ4v) is 4.78. The minimum Gasteiger partial charge on any atom is -0.490 e. The van der Waals surface area contributed by atoms with Crippen molar-refractivity contribution < 1.29 is 14.3 Å². The molecule has 0 spiro atoms. The highest BCUT2D eigenvalue weighted by atomic mass is 35.5. The molecule has 0 saturated carbocycles. The Balaban J connectivity index is 1.26. The number of ether oxygens (including phenoxy) is 2. The molecule has 1 amide bonds. The first-order valence-electron chi connectivity index (χ1n) is 13.3. The molecule has 7 heteroatoms. The van der Waals surface area contributed by atoms with Gasteiger partial charge in [0.05, 0.1) is 23.5 Å². The van der Waals surface area contributed by atoms with Crippen LogP contribution in [0.1, 0.15) is 34.1 Å². The monoisotopic (exact) mass is 563 g/mol. The van der Waals surface area contributed by atoms with Crippen LogP contribution in [0, 0.1) is 6.92 Å². The molecule has 0 saturated heterocycles. The molecule has 206 valence electrons. The highest BCUT2D eigenvalue weighted by Gasteiger charge is 2.14. The number of nitrogens with one attached hydrogen (secondary N) is 1. The molecule has 0 aliphatic rings. The molecule has 0 atom stereocenters. The molecule has 1 heterocycles. The average molecular weight is 564 g/mol. The zero-order chi connectivity index (χ0) is 28.6. The fraction of sp³-hybridized carbons (Fsp3) is 0.118. The number of carbonyl (C=O) groups excluding carboxylic acids is 1. The second-order valence-corrected chi connectivity index (χ2v) is 9.75. The van der Waals surface area contributed by atoms with Crippen LogP contribution in [0.3, 0.4) is 0 Å². The van der Waals surface area contributed by atoms with Gasteiger partial charge in [0.1, 0.15) is 6.61 Å². The maximum absolute atomic E-state index is 12.8. The number of nitrogens with zero attached hydrogens (tertiary/aromatic N) is 2. The third-order valence-corrected chi connectivity index (χ3v) is 6.75. The van der Waals surface area contributed by atoms with E-state index in [1.807, 2.05) is 67.6 Å². The van der Waals surface area contributed by atoms with Gasteiger partial charge in [0, 0.05) is 16.9 Å². The number of rotatable bonds is 10. The van der Waals surface area contributed by atoms with Crippen LogP contribution < -0.4 is 14.9 Å². The zero-order valence-electron chi connectivity index (χ0n) is 22.9. The highest BCUT2D eigenvalue weighted by molar-refractivity contribution is 6.32. The van der Waals surface area contributed by atoms with E-state index in [9.17, 15) is 4.79 Å². The third kappa shape index (κ3) is 6.68. The maximum atomic E-state index is 12.8. The fourth-order valence-electron chi connectivity index (χ4n) is 4.50. The number of aryl methyl sites for hydroxylation is 1. The topological polar surface area (TPSA) is 64.8 Å². The first kappa shape index (κ1) is 27.7. The van der Waals surface area contributed by atoms with Crippen LogP contribution in [0.5, 0.6) is 11.5 Å². The summed E-state index contributed by atoms with van der Waals surface area (Å²) in [6, 6.07) is 35.2. The van der Waals surface area contributed by atoms with E-state index in [0.29, 0.717) is 40.9 Å². The van der Waals surface area contributed by atoms with Crippen LogP contribution in [0.4, 0.5) is 0 Å². The Labute approximate surface area is 244 Å². The van der Waals surface area contributed by atoms with E-state index in [4.69, 9.17) is 21.1 Å². The molecule has 1 N–H and O–H groups in total. The van der Waals surface area contributed by atoms with Crippen molar-refractivity contribution >= 4 is 23.7 Å². The van der Waals surface area contributed by atoms with Gasteiger partial charge in [-0.25, -0.2) is 5.43 Å². The van der Waals surface area contributed by atoms with Crippen molar-refractivity contribution in [3.05, 3.63) is 137 Å². The van der Waals surface area contributed by atoms with E-state index in [2.05, 4.69) is 46.3 Å². The number of halogens is 1.